The number of unbranched alkanes of at least 4 members (excludes halogenated alkanes) is 1. The number of halogens is 1. The van der Waals surface area contributed by atoms with Crippen LogP contribution in [0.3, 0.4) is 0 Å². The molecule has 0 spiro atoms. The quantitative estimate of drug-likeness (QED) is 0.692. The van der Waals surface area contributed by atoms with E-state index in [2.05, 4.69) is 56.4 Å². The first-order chi connectivity index (χ1) is 10.4. The van der Waals surface area contributed by atoms with E-state index in [9.17, 15) is 4.79 Å². The van der Waals surface area contributed by atoms with Gasteiger partial charge in [0.1, 0.15) is 0 Å². The Bertz CT molecular complexity index is 460. The van der Waals surface area contributed by atoms with Crippen LogP contribution in [0.4, 0.5) is 0 Å². The summed E-state index contributed by atoms with van der Waals surface area (Å²) in [5.74, 6) is 0.660. The van der Waals surface area contributed by atoms with Gasteiger partial charge in [-0.1, -0.05) is 38.1 Å². The molecule has 0 saturated heterocycles. The van der Waals surface area contributed by atoms with E-state index in [1.165, 1.54) is 11.1 Å². The molecule has 0 aliphatic carbocycles. The highest BCUT2D eigenvalue weighted by atomic mass is 35.5. The average molecular weight is 341 g/mol. The molecule has 23 heavy (non-hydrogen) atoms. The molecule has 4 heteroatoms. The van der Waals surface area contributed by atoms with E-state index >= 15 is 0 Å². The minimum absolute atomic E-state index is 0. The van der Waals surface area contributed by atoms with Gasteiger partial charge in [0, 0.05) is 6.54 Å². The molecule has 0 aliphatic rings. The molecule has 0 radical (unpaired) electrons. The summed E-state index contributed by atoms with van der Waals surface area (Å²) < 4.78 is 0. The van der Waals surface area contributed by atoms with E-state index in [4.69, 9.17) is 0 Å². The van der Waals surface area contributed by atoms with Crippen LogP contribution >= 0.6 is 12.4 Å². The van der Waals surface area contributed by atoms with Crippen LogP contribution in [0, 0.1) is 5.92 Å². The number of amides is 1. The van der Waals surface area contributed by atoms with Crippen LogP contribution in [0.2, 0.25) is 0 Å². The highest BCUT2D eigenvalue weighted by Crippen LogP contribution is 2.22. The third kappa shape index (κ3) is 8.38. The normalized spacial score (nSPS) is 12.1. The van der Waals surface area contributed by atoms with Crippen molar-refractivity contribution in [3.8, 4) is 0 Å². The van der Waals surface area contributed by atoms with Crippen molar-refractivity contribution in [1.82, 2.24) is 10.2 Å². The standard InChI is InChI=1S/C19H32N2O.ClH/c1-15(2)14-17-10-6-7-11-18(17)16(3)19(22)20-12-8-9-13-21(4)5;/h6-7,10-11,15-16H,8-9,12-14H2,1-5H3,(H,20,22);1H/t16-;/m1./s1. The fraction of sp³-hybridized carbons (Fsp3) is 0.632. The van der Waals surface area contributed by atoms with E-state index in [0.717, 1.165) is 32.4 Å². The Morgan fingerprint density at radius 3 is 2.39 bits per heavy atom. The van der Waals surface area contributed by atoms with E-state index in [0.29, 0.717) is 5.92 Å². The molecule has 1 aromatic rings. The minimum Gasteiger partial charge on any atom is -0.356 e. The largest absolute Gasteiger partial charge is 0.356 e. The number of nitrogens with zero attached hydrogens (tertiary/aromatic N) is 1. The first-order valence-electron chi connectivity index (χ1n) is 8.42. The summed E-state index contributed by atoms with van der Waals surface area (Å²) in [6.45, 7) is 8.28. The third-order valence-corrected chi connectivity index (χ3v) is 3.87. The monoisotopic (exact) mass is 340 g/mol. The van der Waals surface area contributed by atoms with Crippen LogP contribution in [-0.4, -0.2) is 38.0 Å². The zero-order valence-electron chi connectivity index (χ0n) is 15.3. The molecule has 0 bridgehead atoms. The number of hydrogen-bond donors (Lipinski definition) is 1. The molecule has 3 nitrogen and oxygen atoms in total. The van der Waals surface area contributed by atoms with Gasteiger partial charge in [0.2, 0.25) is 5.91 Å². The maximum atomic E-state index is 12.4. The number of carbonyl (C=O) groups excluding carboxylic acids is 1. The van der Waals surface area contributed by atoms with Crippen LogP contribution in [0.25, 0.3) is 0 Å². The molecule has 0 fully saturated rings. The van der Waals surface area contributed by atoms with E-state index in [1.807, 2.05) is 13.0 Å². The number of rotatable bonds is 9. The lowest BCUT2D eigenvalue weighted by Gasteiger charge is -2.18. The highest BCUT2D eigenvalue weighted by Gasteiger charge is 2.18. The Morgan fingerprint density at radius 2 is 1.78 bits per heavy atom. The van der Waals surface area contributed by atoms with Crippen molar-refractivity contribution < 1.29 is 4.79 Å². The van der Waals surface area contributed by atoms with Gasteiger partial charge in [-0.25, -0.2) is 0 Å². The summed E-state index contributed by atoms with van der Waals surface area (Å²) in [6, 6.07) is 8.33. The van der Waals surface area contributed by atoms with Gasteiger partial charge >= 0.3 is 0 Å². The predicted molar refractivity (Wildman–Crippen MR) is 101 cm³/mol. The lowest BCUT2D eigenvalue weighted by molar-refractivity contribution is -0.122. The highest BCUT2D eigenvalue weighted by molar-refractivity contribution is 5.85. The van der Waals surface area contributed by atoms with Gasteiger partial charge in [-0.3, -0.25) is 4.79 Å². The van der Waals surface area contributed by atoms with E-state index in [1.54, 1.807) is 0 Å². The molecule has 1 aromatic carbocycles. The zero-order valence-corrected chi connectivity index (χ0v) is 16.1. The maximum absolute atomic E-state index is 12.4. The van der Waals surface area contributed by atoms with Crippen molar-refractivity contribution in [2.75, 3.05) is 27.2 Å². The molecule has 0 heterocycles. The average Bonchev–Trinajstić information content (AvgIpc) is 2.45. The Balaban J connectivity index is 0.00000484. The second-order valence-corrected chi connectivity index (χ2v) is 6.82. The molecule has 1 N–H and O–H groups in total. The number of hydrogen-bond acceptors (Lipinski definition) is 2. The molecule has 0 unspecified atom stereocenters. The lowest BCUT2D eigenvalue weighted by atomic mass is 9.90. The summed E-state index contributed by atoms with van der Waals surface area (Å²) in [6.07, 6.45) is 3.17. The maximum Gasteiger partial charge on any atom is 0.227 e. The summed E-state index contributed by atoms with van der Waals surface area (Å²) in [7, 11) is 4.15. The predicted octanol–water partition coefficient (Wildman–Crippen LogP) is 3.87. The minimum atomic E-state index is -0.0798. The van der Waals surface area contributed by atoms with E-state index < -0.39 is 0 Å². The van der Waals surface area contributed by atoms with Crippen molar-refractivity contribution in [3.05, 3.63) is 35.4 Å². The fourth-order valence-electron chi connectivity index (χ4n) is 2.64. The van der Waals surface area contributed by atoms with Gasteiger partial charge in [-0.05, 0) is 63.9 Å². The van der Waals surface area contributed by atoms with Gasteiger partial charge in [-0.2, -0.15) is 0 Å². The smallest absolute Gasteiger partial charge is 0.227 e. The molecular weight excluding hydrogens is 308 g/mol. The Labute approximate surface area is 148 Å². The van der Waals surface area contributed by atoms with E-state index in [-0.39, 0.29) is 24.2 Å². The van der Waals surface area contributed by atoms with Gasteiger partial charge in [0.05, 0.1) is 5.92 Å². The summed E-state index contributed by atoms with van der Waals surface area (Å²) in [5.41, 5.74) is 2.47. The fourth-order valence-corrected chi connectivity index (χ4v) is 2.64. The Hall–Kier alpha value is -1.06. The lowest BCUT2D eigenvalue weighted by Crippen LogP contribution is -2.29. The van der Waals surface area contributed by atoms with Crippen LogP contribution in [0.15, 0.2) is 24.3 Å². The van der Waals surface area contributed by atoms with Crippen molar-refractivity contribution >= 4 is 18.3 Å². The zero-order chi connectivity index (χ0) is 16.5. The second kappa shape index (κ2) is 11.5. The first kappa shape index (κ1) is 21.9. The van der Waals surface area contributed by atoms with Crippen molar-refractivity contribution in [3.63, 3.8) is 0 Å². The molecule has 1 rings (SSSR count). The number of nitrogens with one attached hydrogen (secondary N) is 1. The SMILES string of the molecule is CC(C)Cc1ccccc1[C@@H](C)C(=O)NCCCCN(C)C.Cl. The molecule has 0 aromatic heterocycles. The molecular formula is C19H33ClN2O. The van der Waals surface area contributed by atoms with Crippen LogP contribution in [-0.2, 0) is 11.2 Å². The van der Waals surface area contributed by atoms with Gasteiger partial charge in [0.15, 0.2) is 0 Å². The van der Waals surface area contributed by atoms with Crippen LogP contribution in [0.5, 0.6) is 0 Å². The molecule has 0 aliphatic heterocycles. The summed E-state index contributed by atoms with van der Waals surface area (Å²) in [4.78, 5) is 14.5. The second-order valence-electron chi connectivity index (χ2n) is 6.82. The van der Waals surface area contributed by atoms with Gasteiger partial charge in [0.25, 0.3) is 0 Å². The topological polar surface area (TPSA) is 32.3 Å². The first-order valence-corrected chi connectivity index (χ1v) is 8.42. The third-order valence-electron chi connectivity index (χ3n) is 3.87. The molecule has 1 amide bonds. The van der Waals surface area contributed by atoms with Crippen molar-refractivity contribution in [2.24, 2.45) is 5.92 Å². The Morgan fingerprint density at radius 1 is 1.13 bits per heavy atom. The van der Waals surface area contributed by atoms with Gasteiger partial charge < -0.3 is 10.2 Å². The molecule has 1 atom stereocenters. The summed E-state index contributed by atoms with van der Waals surface area (Å²) >= 11 is 0. The van der Waals surface area contributed by atoms with Crippen LogP contribution in [0.1, 0.15) is 50.7 Å². The van der Waals surface area contributed by atoms with Gasteiger partial charge in [-0.15, -0.1) is 12.4 Å². The summed E-state index contributed by atoms with van der Waals surface area (Å²) in [5, 5.41) is 3.08. The number of carbonyl (C=O) groups is 1. The van der Waals surface area contributed by atoms with Crippen molar-refractivity contribution in [2.45, 2.75) is 46.0 Å². The molecule has 132 valence electrons. The number of benzene rings is 1. The molecule has 0 saturated carbocycles. The van der Waals surface area contributed by atoms with Crippen molar-refractivity contribution in [1.29, 1.82) is 0 Å². The van der Waals surface area contributed by atoms with Crippen LogP contribution < -0.4 is 5.32 Å². The Kier molecular flexibility index (Phi) is 10.9.